The molecule has 20 heavy (non-hydrogen) atoms. The smallest absolute Gasteiger partial charge is 0.219 e. The first-order chi connectivity index (χ1) is 9.49. The third-order valence-electron chi connectivity index (χ3n) is 3.10. The van der Waals surface area contributed by atoms with Crippen molar-refractivity contribution >= 4 is 0 Å². The molecule has 0 spiro atoms. The average molecular weight is 270 g/mol. The normalized spacial score (nSPS) is 11.4. The second-order valence-corrected chi connectivity index (χ2v) is 5.91. The number of hydrogen-bond acceptors (Lipinski definition) is 3. The zero-order valence-corrected chi connectivity index (χ0v) is 12.6. The van der Waals surface area contributed by atoms with Crippen LogP contribution in [0.2, 0.25) is 0 Å². The summed E-state index contributed by atoms with van der Waals surface area (Å²) in [5.74, 6) is 1.44. The highest BCUT2D eigenvalue weighted by atomic mass is 16.5. The molecule has 3 heteroatoms. The number of nitrogens with zero attached hydrogens (tertiary/aromatic N) is 1. The Bertz CT molecular complexity index is 556. The molecule has 3 nitrogen and oxygen atoms in total. The van der Waals surface area contributed by atoms with Crippen molar-refractivity contribution in [1.82, 2.24) is 10.3 Å². The lowest BCUT2D eigenvalue weighted by Gasteiger charge is -2.18. The Morgan fingerprint density at radius 3 is 2.55 bits per heavy atom. The fourth-order valence-corrected chi connectivity index (χ4v) is 1.93. The van der Waals surface area contributed by atoms with E-state index in [1.165, 1.54) is 11.1 Å². The summed E-state index contributed by atoms with van der Waals surface area (Å²) < 4.78 is 5.79. The molecule has 0 saturated carbocycles. The molecule has 2 rings (SSSR count). The van der Waals surface area contributed by atoms with Gasteiger partial charge in [-0.25, -0.2) is 4.98 Å². The van der Waals surface area contributed by atoms with Crippen LogP contribution in [0.25, 0.3) is 0 Å². The molecular weight excluding hydrogens is 248 g/mol. The van der Waals surface area contributed by atoms with Crippen molar-refractivity contribution < 1.29 is 4.74 Å². The minimum atomic E-state index is 0.109. The van der Waals surface area contributed by atoms with Crippen molar-refractivity contribution in [2.75, 3.05) is 7.05 Å². The molecular formula is C17H22N2O. The van der Waals surface area contributed by atoms with E-state index in [1.54, 1.807) is 0 Å². The van der Waals surface area contributed by atoms with E-state index >= 15 is 0 Å². The van der Waals surface area contributed by atoms with Crippen LogP contribution in [0.5, 0.6) is 11.6 Å². The molecule has 0 amide bonds. The minimum Gasteiger partial charge on any atom is -0.439 e. The Kier molecular flexibility index (Phi) is 4.40. The third-order valence-corrected chi connectivity index (χ3v) is 3.10. The van der Waals surface area contributed by atoms with Crippen molar-refractivity contribution in [2.45, 2.75) is 32.7 Å². The fourth-order valence-electron chi connectivity index (χ4n) is 1.93. The van der Waals surface area contributed by atoms with E-state index < -0.39 is 0 Å². The van der Waals surface area contributed by atoms with Gasteiger partial charge in [0.05, 0.1) is 0 Å². The number of ether oxygens (including phenoxy) is 1. The molecule has 0 aliphatic heterocycles. The molecule has 0 atom stereocenters. The second kappa shape index (κ2) is 6.06. The number of rotatable bonds is 4. The van der Waals surface area contributed by atoms with Gasteiger partial charge in [0, 0.05) is 18.8 Å². The second-order valence-electron chi connectivity index (χ2n) is 5.91. The molecule has 1 heterocycles. The van der Waals surface area contributed by atoms with Crippen molar-refractivity contribution in [3.05, 3.63) is 53.7 Å². The van der Waals surface area contributed by atoms with Gasteiger partial charge in [-0.15, -0.1) is 0 Å². The molecule has 0 aliphatic rings. The third kappa shape index (κ3) is 3.81. The van der Waals surface area contributed by atoms with Crippen molar-refractivity contribution in [3.8, 4) is 11.6 Å². The van der Waals surface area contributed by atoms with Crippen LogP contribution in [-0.2, 0) is 12.0 Å². The minimum absolute atomic E-state index is 0.109. The Labute approximate surface area is 121 Å². The fraction of sp³-hybridized carbons (Fsp3) is 0.353. The maximum Gasteiger partial charge on any atom is 0.219 e. The molecule has 0 aliphatic carbocycles. The lowest BCUT2D eigenvalue weighted by Crippen LogP contribution is -2.11. The topological polar surface area (TPSA) is 34.1 Å². The molecule has 0 radical (unpaired) electrons. The summed E-state index contributed by atoms with van der Waals surface area (Å²) in [6.45, 7) is 7.34. The highest BCUT2D eigenvalue weighted by molar-refractivity contribution is 5.32. The lowest BCUT2D eigenvalue weighted by atomic mass is 9.88. The van der Waals surface area contributed by atoms with Crippen LogP contribution in [0.1, 0.15) is 31.9 Å². The lowest BCUT2D eigenvalue weighted by molar-refractivity contribution is 0.460. The molecule has 0 unspecified atom stereocenters. The van der Waals surface area contributed by atoms with Gasteiger partial charge in [-0.1, -0.05) is 39.0 Å². The molecule has 0 bridgehead atoms. The van der Waals surface area contributed by atoms with Gasteiger partial charge in [-0.2, -0.15) is 0 Å². The van der Waals surface area contributed by atoms with Gasteiger partial charge in [0.25, 0.3) is 0 Å². The first-order valence-corrected chi connectivity index (χ1v) is 6.87. The van der Waals surface area contributed by atoms with E-state index in [1.807, 2.05) is 37.5 Å². The molecule has 0 saturated heterocycles. The Balaban J connectivity index is 2.12. The molecule has 1 aromatic heterocycles. The summed E-state index contributed by atoms with van der Waals surface area (Å²) in [4.78, 5) is 4.38. The van der Waals surface area contributed by atoms with Crippen molar-refractivity contribution in [3.63, 3.8) is 0 Å². The van der Waals surface area contributed by atoms with Gasteiger partial charge >= 0.3 is 0 Å². The molecule has 2 aromatic rings. The van der Waals surface area contributed by atoms with Crippen LogP contribution in [-0.4, -0.2) is 12.0 Å². The van der Waals surface area contributed by atoms with Gasteiger partial charge < -0.3 is 10.1 Å². The zero-order chi connectivity index (χ0) is 14.6. The van der Waals surface area contributed by atoms with E-state index in [2.05, 4.69) is 43.2 Å². The molecule has 106 valence electrons. The first-order valence-electron chi connectivity index (χ1n) is 6.87. The van der Waals surface area contributed by atoms with Gasteiger partial charge in [0.15, 0.2) is 0 Å². The number of pyridine rings is 1. The van der Waals surface area contributed by atoms with Gasteiger partial charge in [-0.05, 0) is 35.7 Å². The SMILES string of the molecule is CNCc1cccc(Oc2ccc(C(C)(C)C)cn2)c1. The highest BCUT2D eigenvalue weighted by Crippen LogP contribution is 2.25. The van der Waals surface area contributed by atoms with Gasteiger partial charge in [-0.3, -0.25) is 0 Å². The van der Waals surface area contributed by atoms with E-state index in [0.717, 1.165) is 12.3 Å². The number of benzene rings is 1. The maximum absolute atomic E-state index is 5.79. The first kappa shape index (κ1) is 14.5. The summed E-state index contributed by atoms with van der Waals surface area (Å²) in [7, 11) is 1.93. The van der Waals surface area contributed by atoms with Crippen LogP contribution in [0.15, 0.2) is 42.6 Å². The summed E-state index contributed by atoms with van der Waals surface area (Å²) in [5, 5.41) is 3.13. The maximum atomic E-state index is 5.79. The van der Waals surface area contributed by atoms with E-state index in [0.29, 0.717) is 5.88 Å². The number of aromatic nitrogens is 1. The molecule has 1 aromatic carbocycles. The van der Waals surface area contributed by atoms with Crippen LogP contribution in [0, 0.1) is 0 Å². The van der Waals surface area contributed by atoms with Crippen LogP contribution in [0.4, 0.5) is 0 Å². The van der Waals surface area contributed by atoms with E-state index in [-0.39, 0.29) is 5.41 Å². The van der Waals surface area contributed by atoms with Gasteiger partial charge in [0.2, 0.25) is 5.88 Å². The summed E-state index contributed by atoms with van der Waals surface area (Å²) >= 11 is 0. The number of nitrogens with one attached hydrogen (secondary N) is 1. The van der Waals surface area contributed by atoms with Crippen LogP contribution in [0.3, 0.4) is 0 Å². The van der Waals surface area contributed by atoms with E-state index in [4.69, 9.17) is 4.74 Å². The Morgan fingerprint density at radius 2 is 1.95 bits per heavy atom. The van der Waals surface area contributed by atoms with Crippen molar-refractivity contribution in [2.24, 2.45) is 0 Å². The Morgan fingerprint density at radius 1 is 1.15 bits per heavy atom. The van der Waals surface area contributed by atoms with Crippen LogP contribution < -0.4 is 10.1 Å². The van der Waals surface area contributed by atoms with E-state index in [9.17, 15) is 0 Å². The number of hydrogen-bond donors (Lipinski definition) is 1. The Hall–Kier alpha value is -1.87. The average Bonchev–Trinajstić information content (AvgIpc) is 2.39. The summed E-state index contributed by atoms with van der Waals surface area (Å²) in [6, 6.07) is 12.0. The van der Waals surface area contributed by atoms with Crippen LogP contribution >= 0.6 is 0 Å². The largest absolute Gasteiger partial charge is 0.439 e. The van der Waals surface area contributed by atoms with Crippen molar-refractivity contribution in [1.29, 1.82) is 0 Å². The molecule has 1 N–H and O–H groups in total. The predicted molar refractivity (Wildman–Crippen MR) is 82.2 cm³/mol. The quantitative estimate of drug-likeness (QED) is 0.915. The summed E-state index contributed by atoms with van der Waals surface area (Å²) in [5.41, 5.74) is 2.50. The zero-order valence-electron chi connectivity index (χ0n) is 12.6. The monoisotopic (exact) mass is 270 g/mol. The summed E-state index contributed by atoms with van der Waals surface area (Å²) in [6.07, 6.45) is 1.88. The standard InChI is InChI=1S/C17H22N2O/c1-17(2,3)14-8-9-16(19-12-14)20-15-7-5-6-13(10-15)11-18-4/h5-10,12,18H,11H2,1-4H3. The highest BCUT2D eigenvalue weighted by Gasteiger charge is 2.13. The van der Waals surface area contributed by atoms with Gasteiger partial charge in [0.1, 0.15) is 5.75 Å². The predicted octanol–water partition coefficient (Wildman–Crippen LogP) is 3.89. The molecule has 0 fully saturated rings.